The average molecular weight is 1570 g/mol. The maximum atomic E-state index is 15.0. The third-order valence-electron chi connectivity index (χ3n) is 22.3. The molecule has 2 unspecified atom stereocenters. The van der Waals surface area contributed by atoms with Crippen molar-refractivity contribution in [2.75, 3.05) is 19.8 Å². The van der Waals surface area contributed by atoms with Crippen molar-refractivity contribution in [3.05, 3.63) is 0 Å². The van der Waals surface area contributed by atoms with Crippen molar-refractivity contribution in [1.29, 1.82) is 0 Å². The van der Waals surface area contributed by atoms with Crippen LogP contribution in [0.15, 0.2) is 0 Å². The lowest BCUT2D eigenvalue weighted by molar-refractivity contribution is -0.273. The summed E-state index contributed by atoms with van der Waals surface area (Å²) >= 11 is 0. The van der Waals surface area contributed by atoms with Crippen LogP contribution in [0.3, 0.4) is 0 Å². The molecule has 109 heavy (non-hydrogen) atoms. The highest BCUT2D eigenvalue weighted by Crippen LogP contribution is 2.43. The highest BCUT2D eigenvalue weighted by atomic mass is 31.2. The molecule has 0 aromatic heterocycles. The molecule has 640 valence electrons. The van der Waals surface area contributed by atoms with E-state index in [1.807, 2.05) is 0 Å². The SMILES string of the molecule is CCCCCCCCCCCCCC(=O)O[C@H](CCCCCCCCC)CC(=O)N[C@H]1C(OCC2CCCN2C(=O)C[C@@H](CCCCCCCCC)OC(=O)CCCCCCCCCCCCC)O[C@H](CO)[C@H](OP(=O)(O)O)[C@@H]1OC(=O)C[C@@H](CCCCCCCCC)OC(=O)CCCCCCCCCCCCC. The van der Waals surface area contributed by atoms with Gasteiger partial charge in [0.05, 0.1) is 38.5 Å². The number of rotatable bonds is 77. The Balaban J connectivity index is 2.57. The van der Waals surface area contributed by atoms with Crippen molar-refractivity contribution in [2.24, 2.45) is 0 Å². The Hall–Kier alpha value is -3.19. The predicted molar refractivity (Wildman–Crippen MR) is 440 cm³/mol. The predicted octanol–water partition coefficient (Wildman–Crippen LogP) is 23.0. The number of carbonyl (C=O) groups excluding carboxylic acids is 6. The number of hydrogen-bond acceptors (Lipinski definition) is 15. The van der Waals surface area contributed by atoms with Gasteiger partial charge >= 0.3 is 31.7 Å². The number of likely N-dealkylation sites (tertiary alicyclic amines) is 1. The number of phosphoric acid groups is 1. The minimum atomic E-state index is -5.48. The Kier molecular flexibility index (Phi) is 65.7. The van der Waals surface area contributed by atoms with Crippen molar-refractivity contribution < 1.29 is 81.2 Å². The van der Waals surface area contributed by atoms with Crippen LogP contribution in [0.5, 0.6) is 0 Å². The summed E-state index contributed by atoms with van der Waals surface area (Å²) in [6.45, 7) is 12.6. The first-order valence-corrected chi connectivity index (χ1v) is 47.5. The molecule has 20 heteroatoms. The number of unbranched alkanes of at least 4 members (excludes halogenated alkanes) is 48. The zero-order valence-electron chi connectivity index (χ0n) is 70.7. The van der Waals surface area contributed by atoms with Crippen LogP contribution >= 0.6 is 7.82 Å². The Bertz CT molecular complexity index is 2260. The van der Waals surface area contributed by atoms with Crippen molar-refractivity contribution in [1.82, 2.24) is 10.2 Å². The van der Waals surface area contributed by atoms with Gasteiger partial charge < -0.3 is 53.5 Å². The molecule has 19 nitrogen and oxygen atoms in total. The highest BCUT2D eigenvalue weighted by molar-refractivity contribution is 7.46. The van der Waals surface area contributed by atoms with E-state index in [0.717, 1.165) is 180 Å². The summed E-state index contributed by atoms with van der Waals surface area (Å²) in [5.74, 6) is -2.92. The molecular formula is C89H167N2O17P. The maximum Gasteiger partial charge on any atom is 0.470 e. The number of nitrogens with zero attached hydrogens (tertiary/aromatic N) is 1. The van der Waals surface area contributed by atoms with E-state index in [1.165, 1.54) is 141 Å². The largest absolute Gasteiger partial charge is 0.470 e. The molecule has 0 aliphatic carbocycles. The molecule has 0 aromatic carbocycles. The standard InChI is InChI=1S/C89H167N2O17P/c1-7-13-19-25-31-34-37-40-46-52-58-66-82(95)103-76(63-55-49-43-28-22-16-10-4)70-80(93)90-86-88(107-85(98)72-78(65-57-51-45-30-24-18-12-6)105-84(97)68-60-54-48-42-39-36-33-27-21-15-9-3)87(108-109(99,100)101)79(73-92)106-89(86)102-74-75-62-61-69-91(75)81(94)71-77(64-56-50-44-29-23-17-11-5)104-83(96)67-59-53-47-41-38-35-32-26-20-14-8-2/h75-79,86-89,92H,7-74H2,1-6H3,(H,90,93)(H2,99,100,101)/t75?,76-,77-,78-,79-,86-,87+,88-,89?/m1/s1. The topological polar surface area (TPSA) is 260 Å². The van der Waals surface area contributed by atoms with Gasteiger partial charge in [-0.15, -0.1) is 0 Å². The van der Waals surface area contributed by atoms with Crippen molar-refractivity contribution in [3.8, 4) is 0 Å². The molecule has 0 saturated carbocycles. The molecule has 4 N–H and O–H groups in total. The highest BCUT2D eigenvalue weighted by Gasteiger charge is 2.53. The van der Waals surface area contributed by atoms with Crippen LogP contribution in [0.4, 0.5) is 0 Å². The van der Waals surface area contributed by atoms with Crippen molar-refractivity contribution in [3.63, 3.8) is 0 Å². The first-order chi connectivity index (χ1) is 53.0. The van der Waals surface area contributed by atoms with Crippen LogP contribution in [-0.2, 0) is 66.3 Å². The summed E-state index contributed by atoms with van der Waals surface area (Å²) in [6, 6.07) is -2.10. The molecule has 2 amide bonds. The molecule has 2 rings (SSSR count). The van der Waals surface area contributed by atoms with E-state index >= 15 is 0 Å². The minimum Gasteiger partial charge on any atom is -0.462 e. The maximum absolute atomic E-state index is 15.0. The average Bonchev–Trinajstić information content (AvgIpc) is 0.913. The Morgan fingerprint density at radius 2 is 0.725 bits per heavy atom. The molecule has 0 radical (unpaired) electrons. The fourth-order valence-corrected chi connectivity index (χ4v) is 16.2. The molecule has 2 fully saturated rings. The number of carbonyl (C=O) groups is 6. The van der Waals surface area contributed by atoms with Gasteiger partial charge in [0.25, 0.3) is 0 Å². The zero-order chi connectivity index (χ0) is 79.5. The van der Waals surface area contributed by atoms with Crippen LogP contribution in [0, 0.1) is 0 Å². The molecule has 0 spiro atoms. The van der Waals surface area contributed by atoms with Gasteiger partial charge in [-0.3, -0.25) is 33.3 Å². The summed E-state index contributed by atoms with van der Waals surface area (Å²) in [7, 11) is -5.48. The lowest BCUT2D eigenvalue weighted by Gasteiger charge is -2.45. The van der Waals surface area contributed by atoms with Gasteiger partial charge in [-0.1, -0.05) is 350 Å². The molecular weight excluding hydrogens is 1400 g/mol. The van der Waals surface area contributed by atoms with Gasteiger partial charge in [0.15, 0.2) is 12.4 Å². The van der Waals surface area contributed by atoms with Gasteiger partial charge in [0.2, 0.25) is 11.8 Å². The third kappa shape index (κ3) is 55.9. The van der Waals surface area contributed by atoms with Crippen LogP contribution in [0.2, 0.25) is 0 Å². The van der Waals surface area contributed by atoms with Gasteiger partial charge in [-0.2, -0.15) is 0 Å². The minimum absolute atomic E-state index is 0.0144. The van der Waals surface area contributed by atoms with Crippen LogP contribution in [0.25, 0.3) is 0 Å². The molecule has 0 aromatic rings. The monoisotopic (exact) mass is 1570 g/mol. The Morgan fingerprint density at radius 3 is 1.06 bits per heavy atom. The molecule has 2 saturated heterocycles. The first-order valence-electron chi connectivity index (χ1n) is 46.0. The van der Waals surface area contributed by atoms with Gasteiger partial charge in [0.1, 0.15) is 36.6 Å². The number of phosphoric ester groups is 1. The van der Waals surface area contributed by atoms with Gasteiger partial charge in [-0.25, -0.2) is 4.57 Å². The number of aliphatic hydroxyl groups is 1. The Morgan fingerprint density at radius 1 is 0.413 bits per heavy atom. The molecule has 0 bridgehead atoms. The van der Waals surface area contributed by atoms with Crippen molar-refractivity contribution >= 4 is 43.5 Å². The second-order valence-corrected chi connectivity index (χ2v) is 33.8. The second kappa shape index (κ2) is 70.2. The summed E-state index contributed by atoms with van der Waals surface area (Å²) in [4.78, 5) is 108. The number of ether oxygens (including phenoxy) is 6. The lowest BCUT2D eigenvalue weighted by atomic mass is 9.95. The number of esters is 4. The van der Waals surface area contributed by atoms with Crippen molar-refractivity contribution in [2.45, 2.75) is 514 Å². The fraction of sp³-hybridized carbons (Fsp3) is 0.933. The summed E-state index contributed by atoms with van der Waals surface area (Å²) < 4.78 is 56.4. The van der Waals surface area contributed by atoms with E-state index in [0.29, 0.717) is 70.8 Å². The van der Waals surface area contributed by atoms with E-state index < -0.39 is 99.7 Å². The number of aliphatic hydroxyl groups excluding tert-OH is 1. The molecule has 2 heterocycles. The zero-order valence-corrected chi connectivity index (χ0v) is 71.6. The van der Waals surface area contributed by atoms with Gasteiger partial charge in [0, 0.05) is 25.8 Å². The fourth-order valence-electron chi connectivity index (χ4n) is 15.6. The smallest absolute Gasteiger partial charge is 0.462 e. The summed E-state index contributed by atoms with van der Waals surface area (Å²) in [6.07, 6.45) is 51.9. The first kappa shape index (κ1) is 102. The van der Waals surface area contributed by atoms with Crippen LogP contribution in [0.1, 0.15) is 459 Å². The lowest BCUT2D eigenvalue weighted by Crippen LogP contribution is -2.66. The van der Waals surface area contributed by atoms with Gasteiger partial charge in [-0.05, 0) is 70.6 Å². The molecule has 9 atom stereocenters. The van der Waals surface area contributed by atoms with Crippen LogP contribution < -0.4 is 5.32 Å². The van der Waals surface area contributed by atoms with E-state index in [4.69, 9.17) is 32.9 Å². The number of hydrogen-bond donors (Lipinski definition) is 4. The molecule has 2 aliphatic heterocycles. The summed E-state index contributed by atoms with van der Waals surface area (Å²) in [5.41, 5.74) is 0. The Labute approximate surface area is 665 Å². The quantitative estimate of drug-likeness (QED) is 0.0191. The van der Waals surface area contributed by atoms with Crippen LogP contribution in [-0.4, -0.2) is 130 Å². The molecule has 2 aliphatic rings. The van der Waals surface area contributed by atoms with E-state index in [9.17, 15) is 48.2 Å². The van der Waals surface area contributed by atoms with E-state index in [2.05, 4.69) is 46.9 Å². The normalized spacial score (nSPS) is 18.2. The second-order valence-electron chi connectivity index (χ2n) is 32.6. The number of nitrogens with one attached hydrogen (secondary N) is 1. The third-order valence-corrected chi connectivity index (χ3v) is 22.8. The number of amides is 2. The van der Waals surface area contributed by atoms with E-state index in [1.54, 1.807) is 4.90 Å². The summed E-state index contributed by atoms with van der Waals surface area (Å²) in [5, 5.41) is 14.0. The van der Waals surface area contributed by atoms with E-state index in [-0.39, 0.29) is 44.2 Å².